The zero-order valence-electron chi connectivity index (χ0n) is 14.8. The van der Waals surface area contributed by atoms with Crippen molar-refractivity contribution in [1.29, 1.82) is 0 Å². The molecule has 0 radical (unpaired) electrons. The number of rotatable bonds is 7. The first-order valence-corrected chi connectivity index (χ1v) is 8.50. The summed E-state index contributed by atoms with van der Waals surface area (Å²) in [5.41, 5.74) is 5.19. The summed E-state index contributed by atoms with van der Waals surface area (Å²) in [6.45, 7) is 2.08. The molecule has 0 aliphatic carbocycles. The number of hydrazone groups is 1. The Morgan fingerprint density at radius 1 is 1.11 bits per heavy atom. The standard InChI is InChI=1S/C21H19N3O3/c1-2-26-21(25)17-12-13-22-20(14-17)27-19-10-8-16(9-11-19)15-23-24-18-6-4-3-5-7-18/h3-15,24H,2H2,1H3. The van der Waals surface area contributed by atoms with Crippen LogP contribution in [-0.2, 0) is 4.74 Å². The van der Waals surface area contributed by atoms with E-state index in [4.69, 9.17) is 9.47 Å². The Balaban J connectivity index is 1.61. The van der Waals surface area contributed by atoms with Gasteiger partial charge in [0, 0.05) is 12.3 Å². The molecule has 0 aliphatic heterocycles. The molecule has 0 fully saturated rings. The van der Waals surface area contributed by atoms with E-state index in [-0.39, 0.29) is 0 Å². The highest BCUT2D eigenvalue weighted by molar-refractivity contribution is 5.89. The summed E-state index contributed by atoms with van der Waals surface area (Å²) >= 11 is 0. The van der Waals surface area contributed by atoms with Gasteiger partial charge in [-0.15, -0.1) is 0 Å². The molecule has 0 saturated carbocycles. The molecule has 3 rings (SSSR count). The number of benzene rings is 2. The number of hydrogen-bond acceptors (Lipinski definition) is 6. The van der Waals surface area contributed by atoms with Crippen LogP contribution in [0, 0.1) is 0 Å². The topological polar surface area (TPSA) is 72.8 Å². The smallest absolute Gasteiger partial charge is 0.338 e. The van der Waals surface area contributed by atoms with Gasteiger partial charge in [0.1, 0.15) is 5.75 Å². The lowest BCUT2D eigenvalue weighted by atomic mass is 10.2. The summed E-state index contributed by atoms with van der Waals surface area (Å²) in [6.07, 6.45) is 3.23. The molecular weight excluding hydrogens is 342 g/mol. The summed E-state index contributed by atoms with van der Waals surface area (Å²) in [6, 6.07) is 20.2. The monoisotopic (exact) mass is 361 g/mol. The van der Waals surface area contributed by atoms with Gasteiger partial charge in [0.15, 0.2) is 0 Å². The van der Waals surface area contributed by atoms with Crippen LogP contribution in [0.2, 0.25) is 0 Å². The predicted molar refractivity (Wildman–Crippen MR) is 104 cm³/mol. The van der Waals surface area contributed by atoms with Crippen LogP contribution in [0.3, 0.4) is 0 Å². The molecule has 136 valence electrons. The molecule has 6 heteroatoms. The molecule has 0 saturated heterocycles. The number of hydrogen-bond donors (Lipinski definition) is 1. The normalized spacial score (nSPS) is 10.6. The Bertz CT molecular complexity index is 909. The zero-order valence-corrected chi connectivity index (χ0v) is 14.8. The van der Waals surface area contributed by atoms with Crippen molar-refractivity contribution in [2.45, 2.75) is 6.92 Å². The van der Waals surface area contributed by atoms with E-state index in [0.717, 1.165) is 11.3 Å². The Morgan fingerprint density at radius 3 is 2.63 bits per heavy atom. The van der Waals surface area contributed by atoms with E-state index in [1.54, 1.807) is 25.3 Å². The van der Waals surface area contributed by atoms with Gasteiger partial charge in [0.25, 0.3) is 0 Å². The highest BCUT2D eigenvalue weighted by atomic mass is 16.5. The van der Waals surface area contributed by atoms with Crippen LogP contribution in [0.5, 0.6) is 11.6 Å². The maximum atomic E-state index is 11.8. The van der Waals surface area contributed by atoms with E-state index in [1.807, 2.05) is 54.6 Å². The highest BCUT2D eigenvalue weighted by Gasteiger charge is 2.08. The molecule has 0 aliphatic rings. The molecule has 0 atom stereocenters. The Labute approximate surface area is 157 Å². The maximum Gasteiger partial charge on any atom is 0.338 e. The number of carbonyl (C=O) groups excluding carboxylic acids is 1. The van der Waals surface area contributed by atoms with Gasteiger partial charge in [-0.1, -0.05) is 18.2 Å². The fraction of sp³-hybridized carbons (Fsp3) is 0.0952. The minimum Gasteiger partial charge on any atom is -0.462 e. The molecule has 27 heavy (non-hydrogen) atoms. The van der Waals surface area contributed by atoms with Gasteiger partial charge in [0.05, 0.1) is 24.1 Å². The van der Waals surface area contributed by atoms with Crippen LogP contribution in [0.4, 0.5) is 5.69 Å². The number of carbonyl (C=O) groups is 1. The third kappa shape index (κ3) is 5.40. The summed E-state index contributed by atoms with van der Waals surface area (Å²) in [4.78, 5) is 15.9. The maximum absolute atomic E-state index is 11.8. The van der Waals surface area contributed by atoms with Crippen molar-refractivity contribution >= 4 is 17.9 Å². The van der Waals surface area contributed by atoms with Gasteiger partial charge in [-0.05, 0) is 55.0 Å². The average Bonchev–Trinajstić information content (AvgIpc) is 2.71. The number of aromatic nitrogens is 1. The molecule has 0 amide bonds. The van der Waals surface area contributed by atoms with Gasteiger partial charge >= 0.3 is 5.97 Å². The summed E-state index contributed by atoms with van der Waals surface area (Å²) < 4.78 is 10.7. The van der Waals surface area contributed by atoms with E-state index < -0.39 is 5.97 Å². The van der Waals surface area contributed by atoms with Gasteiger partial charge in [0.2, 0.25) is 5.88 Å². The first-order chi connectivity index (χ1) is 13.2. The second kappa shape index (κ2) is 9.15. The number of para-hydroxylation sites is 1. The minimum absolute atomic E-state index is 0.319. The molecule has 6 nitrogen and oxygen atoms in total. The van der Waals surface area contributed by atoms with E-state index in [9.17, 15) is 4.79 Å². The number of pyridine rings is 1. The van der Waals surface area contributed by atoms with Crippen molar-refractivity contribution in [3.8, 4) is 11.6 Å². The Kier molecular flexibility index (Phi) is 6.14. The van der Waals surface area contributed by atoms with Crippen molar-refractivity contribution in [1.82, 2.24) is 4.98 Å². The first kappa shape index (κ1) is 18.1. The highest BCUT2D eigenvalue weighted by Crippen LogP contribution is 2.20. The van der Waals surface area contributed by atoms with Gasteiger partial charge < -0.3 is 9.47 Å². The van der Waals surface area contributed by atoms with Crippen molar-refractivity contribution in [3.63, 3.8) is 0 Å². The van der Waals surface area contributed by atoms with Crippen molar-refractivity contribution < 1.29 is 14.3 Å². The van der Waals surface area contributed by atoms with E-state index in [1.165, 1.54) is 6.20 Å². The number of nitrogens with one attached hydrogen (secondary N) is 1. The van der Waals surface area contributed by atoms with Crippen molar-refractivity contribution in [2.24, 2.45) is 5.10 Å². The van der Waals surface area contributed by atoms with E-state index in [0.29, 0.717) is 23.8 Å². The largest absolute Gasteiger partial charge is 0.462 e. The molecule has 2 aromatic carbocycles. The van der Waals surface area contributed by atoms with Crippen LogP contribution in [-0.4, -0.2) is 23.8 Å². The lowest BCUT2D eigenvalue weighted by Crippen LogP contribution is -2.05. The molecule has 1 aromatic heterocycles. The van der Waals surface area contributed by atoms with Gasteiger partial charge in [-0.25, -0.2) is 9.78 Å². The number of ether oxygens (including phenoxy) is 2. The third-order valence-corrected chi connectivity index (χ3v) is 3.53. The van der Waals surface area contributed by atoms with E-state index in [2.05, 4.69) is 15.5 Å². The fourth-order valence-electron chi connectivity index (χ4n) is 2.24. The Hall–Kier alpha value is -3.67. The van der Waals surface area contributed by atoms with Gasteiger partial charge in [-0.3, -0.25) is 5.43 Å². The number of esters is 1. The molecule has 1 heterocycles. The molecule has 1 N–H and O–H groups in total. The van der Waals surface area contributed by atoms with Crippen molar-refractivity contribution in [3.05, 3.63) is 84.1 Å². The SMILES string of the molecule is CCOC(=O)c1ccnc(Oc2ccc(C=NNc3ccccc3)cc2)c1. The number of anilines is 1. The minimum atomic E-state index is -0.401. The molecule has 0 bridgehead atoms. The predicted octanol–water partition coefficient (Wildman–Crippen LogP) is 4.50. The third-order valence-electron chi connectivity index (χ3n) is 3.53. The van der Waals surface area contributed by atoms with Crippen molar-refractivity contribution in [2.75, 3.05) is 12.0 Å². The first-order valence-electron chi connectivity index (χ1n) is 8.50. The van der Waals surface area contributed by atoms with Gasteiger partial charge in [-0.2, -0.15) is 5.10 Å². The van der Waals surface area contributed by atoms with Crippen LogP contribution in [0.15, 0.2) is 78.0 Å². The van der Waals surface area contributed by atoms with Crippen LogP contribution in [0.1, 0.15) is 22.8 Å². The fourth-order valence-corrected chi connectivity index (χ4v) is 2.24. The molecular formula is C21H19N3O3. The number of nitrogens with zero attached hydrogens (tertiary/aromatic N) is 2. The quantitative estimate of drug-likeness (QED) is 0.381. The second-order valence-electron chi connectivity index (χ2n) is 5.51. The summed E-state index contributed by atoms with van der Waals surface area (Å²) in [5, 5.41) is 4.19. The zero-order chi connectivity index (χ0) is 18.9. The molecule has 0 unspecified atom stereocenters. The van der Waals surface area contributed by atoms with Crippen LogP contribution >= 0.6 is 0 Å². The average molecular weight is 361 g/mol. The second-order valence-corrected chi connectivity index (χ2v) is 5.51. The van der Waals surface area contributed by atoms with Crippen LogP contribution in [0.25, 0.3) is 0 Å². The lowest BCUT2D eigenvalue weighted by Gasteiger charge is -2.06. The summed E-state index contributed by atoms with van der Waals surface area (Å²) in [5.74, 6) is 0.534. The molecule has 0 spiro atoms. The van der Waals surface area contributed by atoms with E-state index >= 15 is 0 Å². The molecule has 3 aromatic rings. The lowest BCUT2D eigenvalue weighted by molar-refractivity contribution is 0.0526. The summed E-state index contributed by atoms with van der Waals surface area (Å²) in [7, 11) is 0. The Morgan fingerprint density at radius 2 is 1.89 bits per heavy atom. The van der Waals surface area contributed by atoms with Crippen LogP contribution < -0.4 is 10.2 Å².